The van der Waals surface area contributed by atoms with Gasteiger partial charge in [0.05, 0.1) is 7.11 Å². The molecule has 0 spiro atoms. The number of nitrogens with two attached hydrogens (primary N) is 1. The quantitative estimate of drug-likeness (QED) is 0.671. The van der Waals surface area contributed by atoms with E-state index in [0.717, 1.165) is 12.5 Å². The molecule has 32 heavy (non-hydrogen) atoms. The number of nitrogens with one attached hydrogen (secondary N) is 1. The van der Waals surface area contributed by atoms with Gasteiger partial charge in [0, 0.05) is 29.4 Å². The van der Waals surface area contributed by atoms with Crippen molar-refractivity contribution < 1.29 is 26.7 Å². The third-order valence-corrected chi connectivity index (χ3v) is 6.95. The lowest BCUT2D eigenvalue weighted by Crippen LogP contribution is -2.35. The van der Waals surface area contributed by atoms with Gasteiger partial charge in [0.15, 0.2) is 16.6 Å². The van der Waals surface area contributed by atoms with Crippen molar-refractivity contribution in [1.29, 1.82) is 0 Å². The van der Waals surface area contributed by atoms with E-state index in [1.54, 1.807) is 0 Å². The van der Waals surface area contributed by atoms with Crippen LogP contribution in [0, 0.1) is 29.4 Å². The molecule has 3 rings (SSSR count). The summed E-state index contributed by atoms with van der Waals surface area (Å²) >= 11 is 0. The van der Waals surface area contributed by atoms with Gasteiger partial charge in [-0.05, 0) is 49.1 Å². The Kier molecular flexibility index (Phi) is 7.14. The summed E-state index contributed by atoms with van der Waals surface area (Å²) in [7, 11) is -2.77. The number of ether oxygens (including phenoxy) is 1. The van der Waals surface area contributed by atoms with Crippen molar-refractivity contribution in [1.82, 2.24) is 4.98 Å². The molecule has 0 aliphatic heterocycles. The minimum Gasteiger partial charge on any atom is -0.493 e. The fourth-order valence-corrected chi connectivity index (χ4v) is 4.89. The Morgan fingerprint density at radius 2 is 1.97 bits per heavy atom. The van der Waals surface area contributed by atoms with Crippen molar-refractivity contribution in [3.63, 3.8) is 0 Å². The van der Waals surface area contributed by atoms with Crippen LogP contribution in [0.25, 0.3) is 0 Å². The van der Waals surface area contributed by atoms with E-state index < -0.39 is 33.5 Å². The predicted molar refractivity (Wildman–Crippen MR) is 116 cm³/mol. The lowest BCUT2D eigenvalue weighted by Gasteiger charge is -2.37. The summed E-state index contributed by atoms with van der Waals surface area (Å²) in [4.78, 5) is 17.0. The lowest BCUT2D eigenvalue weighted by molar-refractivity contribution is -0.122. The Morgan fingerprint density at radius 1 is 1.25 bits per heavy atom. The van der Waals surface area contributed by atoms with Crippen molar-refractivity contribution in [3.8, 4) is 5.75 Å². The van der Waals surface area contributed by atoms with Crippen LogP contribution < -0.4 is 15.2 Å². The first kappa shape index (κ1) is 24.1. The van der Waals surface area contributed by atoms with Gasteiger partial charge >= 0.3 is 0 Å². The van der Waals surface area contributed by atoms with Crippen LogP contribution >= 0.6 is 0 Å². The number of pyridine rings is 1. The number of sulfonamides is 1. The van der Waals surface area contributed by atoms with E-state index in [2.05, 4.69) is 24.1 Å². The van der Waals surface area contributed by atoms with E-state index in [0.29, 0.717) is 24.3 Å². The highest BCUT2D eigenvalue weighted by molar-refractivity contribution is 7.89. The van der Waals surface area contributed by atoms with E-state index in [1.807, 2.05) is 0 Å². The first-order chi connectivity index (χ1) is 15.0. The van der Waals surface area contributed by atoms with Crippen LogP contribution in [0.15, 0.2) is 35.5 Å². The van der Waals surface area contributed by atoms with Gasteiger partial charge in [0.2, 0.25) is 11.7 Å². The molecule has 3 atom stereocenters. The van der Waals surface area contributed by atoms with Gasteiger partial charge in [0.25, 0.3) is 10.0 Å². The van der Waals surface area contributed by atoms with Gasteiger partial charge < -0.3 is 10.1 Å². The Hall–Kier alpha value is -2.59. The number of halogens is 2. The molecule has 0 saturated heterocycles. The summed E-state index contributed by atoms with van der Waals surface area (Å²) in [6.45, 7) is 4.17. The minimum atomic E-state index is -4.03. The van der Waals surface area contributed by atoms with Crippen molar-refractivity contribution in [2.24, 2.45) is 22.9 Å². The maximum absolute atomic E-state index is 14.4. The van der Waals surface area contributed by atoms with Crippen molar-refractivity contribution in [2.75, 3.05) is 12.4 Å². The summed E-state index contributed by atoms with van der Waals surface area (Å²) in [5, 5.41) is 7.50. The minimum absolute atomic E-state index is 0.198. The van der Waals surface area contributed by atoms with Crippen LogP contribution in [0.1, 0.15) is 44.6 Å². The predicted octanol–water partition coefficient (Wildman–Crippen LogP) is 3.81. The number of carbonyl (C=O) groups is 1. The summed E-state index contributed by atoms with van der Waals surface area (Å²) in [6.07, 6.45) is 3.21. The molecular weight excluding hydrogens is 440 g/mol. The van der Waals surface area contributed by atoms with Gasteiger partial charge in [-0.25, -0.2) is 22.9 Å². The maximum Gasteiger partial charge on any atom is 0.255 e. The number of carbonyl (C=O) groups excluding carboxylic acids is 1. The van der Waals surface area contributed by atoms with E-state index >= 15 is 0 Å². The second-order valence-corrected chi connectivity index (χ2v) is 9.94. The molecule has 10 heteroatoms. The number of hydrogen-bond donors (Lipinski definition) is 2. The van der Waals surface area contributed by atoms with Crippen LogP contribution in [0.4, 0.5) is 14.5 Å². The molecule has 0 radical (unpaired) electrons. The van der Waals surface area contributed by atoms with Crippen molar-refractivity contribution >= 4 is 21.6 Å². The van der Waals surface area contributed by atoms with E-state index in [9.17, 15) is 22.0 Å². The molecule has 1 aromatic heterocycles. The number of amides is 1. The summed E-state index contributed by atoms with van der Waals surface area (Å²) in [5.74, 6) is -2.98. The SMILES string of the molecule is COc1c(C2CCC(C(C)C)C[C@@H]2C(=O)Nc2ccnc(S(N)(=O)=O)c2)ccc(F)c1F. The van der Waals surface area contributed by atoms with E-state index in [-0.39, 0.29) is 28.3 Å². The smallest absolute Gasteiger partial charge is 0.255 e. The Morgan fingerprint density at radius 3 is 2.59 bits per heavy atom. The third-order valence-electron chi connectivity index (χ3n) is 6.15. The highest BCUT2D eigenvalue weighted by Gasteiger charge is 2.39. The molecule has 1 aromatic carbocycles. The van der Waals surface area contributed by atoms with Gasteiger partial charge in [-0.3, -0.25) is 4.79 Å². The number of hydrogen-bond acceptors (Lipinski definition) is 5. The molecule has 0 bridgehead atoms. The van der Waals surface area contributed by atoms with Crippen LogP contribution in [0.5, 0.6) is 5.75 Å². The maximum atomic E-state index is 14.4. The normalized spacial score (nSPS) is 21.4. The number of nitrogens with zero attached hydrogens (tertiary/aromatic N) is 1. The zero-order valence-electron chi connectivity index (χ0n) is 18.1. The van der Waals surface area contributed by atoms with Gasteiger partial charge in [-0.1, -0.05) is 19.9 Å². The highest BCUT2D eigenvalue weighted by Crippen LogP contribution is 2.46. The summed E-state index contributed by atoms with van der Waals surface area (Å²) in [5.41, 5.74) is 0.672. The Bertz CT molecular complexity index is 1110. The Labute approximate surface area is 186 Å². The molecule has 1 heterocycles. The Balaban J connectivity index is 1.96. The molecule has 1 saturated carbocycles. The summed E-state index contributed by atoms with van der Waals surface area (Å²) in [6, 6.07) is 5.15. The highest BCUT2D eigenvalue weighted by atomic mass is 32.2. The number of benzene rings is 1. The first-order valence-electron chi connectivity index (χ1n) is 10.3. The third kappa shape index (κ3) is 5.07. The van der Waals surface area contributed by atoms with Crippen molar-refractivity contribution in [3.05, 3.63) is 47.7 Å². The lowest BCUT2D eigenvalue weighted by atomic mass is 9.68. The molecule has 174 valence electrons. The molecule has 3 N–H and O–H groups in total. The first-order valence-corrected chi connectivity index (χ1v) is 11.9. The second kappa shape index (κ2) is 9.50. The van der Waals surface area contributed by atoms with E-state index in [4.69, 9.17) is 9.88 Å². The van der Waals surface area contributed by atoms with Crippen LogP contribution in [0.2, 0.25) is 0 Å². The van der Waals surface area contributed by atoms with Crippen molar-refractivity contribution in [2.45, 2.75) is 44.1 Å². The van der Waals surface area contributed by atoms with Gasteiger partial charge in [-0.15, -0.1) is 0 Å². The molecule has 7 nitrogen and oxygen atoms in total. The van der Waals surface area contributed by atoms with Crippen LogP contribution in [-0.4, -0.2) is 26.4 Å². The second-order valence-electron chi connectivity index (χ2n) is 8.43. The fraction of sp³-hybridized carbons (Fsp3) is 0.455. The topological polar surface area (TPSA) is 111 Å². The number of rotatable bonds is 6. The van der Waals surface area contributed by atoms with E-state index in [1.165, 1.54) is 31.5 Å². The molecule has 2 aromatic rings. The van der Waals surface area contributed by atoms with Gasteiger partial charge in [0.1, 0.15) is 0 Å². The monoisotopic (exact) mass is 467 g/mol. The zero-order chi connectivity index (χ0) is 23.6. The van der Waals surface area contributed by atoms with Crippen LogP contribution in [-0.2, 0) is 14.8 Å². The molecule has 1 amide bonds. The number of anilines is 1. The molecular formula is C22H27F2N3O4S. The average molecular weight is 468 g/mol. The fourth-order valence-electron chi connectivity index (χ4n) is 4.39. The molecule has 1 aliphatic carbocycles. The standard InChI is InChI=1S/C22H27F2N3O4S/c1-12(2)13-4-5-15(16-6-7-18(23)20(24)21(16)31-3)17(10-13)22(28)27-14-8-9-26-19(11-14)32(25,29)30/h6-9,11-13,15,17H,4-5,10H2,1-3H3,(H2,25,29,30)(H,26,27,28)/t13?,15?,17-/m0/s1. The number of primary sulfonamides is 1. The molecule has 1 fully saturated rings. The summed E-state index contributed by atoms with van der Waals surface area (Å²) < 4.78 is 56.4. The number of aromatic nitrogens is 1. The molecule has 1 aliphatic rings. The average Bonchev–Trinajstić information content (AvgIpc) is 2.74. The number of methoxy groups -OCH3 is 1. The van der Waals surface area contributed by atoms with Crippen LogP contribution in [0.3, 0.4) is 0 Å². The largest absolute Gasteiger partial charge is 0.493 e. The zero-order valence-corrected chi connectivity index (χ0v) is 19.0. The van der Waals surface area contributed by atoms with Gasteiger partial charge in [-0.2, -0.15) is 4.39 Å². The molecule has 2 unspecified atom stereocenters.